The van der Waals surface area contributed by atoms with Crippen molar-refractivity contribution in [3.8, 4) is 11.1 Å². The van der Waals surface area contributed by atoms with Crippen molar-refractivity contribution in [2.24, 2.45) is 0 Å². The van der Waals surface area contributed by atoms with Gasteiger partial charge in [0, 0.05) is 79.9 Å². The summed E-state index contributed by atoms with van der Waals surface area (Å²) in [6, 6.07) is 78.6. The predicted molar refractivity (Wildman–Crippen MR) is 282 cm³/mol. The SMILES string of the molecule is c1ccc(N(c2cccc(N(c3ccc4sc5ccccc5c4c3)c3cccc4c3sc3ccc(-c5ccc6oc7ccccc7c6c5)cc34)c2)c2cccc3c2oc2ccccc23)cc1. The maximum Gasteiger partial charge on any atom is 0.159 e. The first-order chi connectivity index (χ1) is 32.7. The Bertz CT molecular complexity index is 4210. The molecule has 0 amide bonds. The van der Waals surface area contributed by atoms with Crippen LogP contribution in [0.25, 0.3) is 95.3 Å². The number of para-hydroxylation sites is 4. The zero-order valence-corrected chi connectivity index (χ0v) is 36.9. The van der Waals surface area contributed by atoms with Gasteiger partial charge in [0.1, 0.15) is 16.7 Å². The Balaban J connectivity index is 0.968. The van der Waals surface area contributed by atoms with E-state index < -0.39 is 0 Å². The lowest BCUT2D eigenvalue weighted by Gasteiger charge is -2.29. The van der Waals surface area contributed by atoms with Gasteiger partial charge in [-0.3, -0.25) is 0 Å². The van der Waals surface area contributed by atoms with Crippen molar-refractivity contribution in [3.63, 3.8) is 0 Å². The number of anilines is 6. The number of furan rings is 2. The number of nitrogens with zero attached hydrogens (tertiary/aromatic N) is 2. The summed E-state index contributed by atoms with van der Waals surface area (Å²) in [6.45, 7) is 0. The van der Waals surface area contributed by atoms with Gasteiger partial charge in [-0.1, -0.05) is 115 Å². The Hall–Kier alpha value is -8.16. The van der Waals surface area contributed by atoms with Crippen LogP contribution >= 0.6 is 22.7 Å². The van der Waals surface area contributed by atoms with E-state index in [4.69, 9.17) is 8.83 Å². The lowest BCUT2D eigenvalue weighted by molar-refractivity contribution is 0.668. The molecule has 0 aliphatic heterocycles. The van der Waals surface area contributed by atoms with Crippen molar-refractivity contribution in [1.29, 1.82) is 0 Å². The molecular weight excluding hydrogens is 845 g/mol. The standard InChI is InChI=1S/C60H36N2O2S2/c1-2-13-39(14-3-1)61(51-22-11-20-46-43-17-4-8-25-54(43)64-59(46)51)40-15-10-16-41(35-40)62(42-29-32-57-50(36-42)45-19-6-9-26-56(45)65-57)52-23-12-21-47-49-34-38(28-31-58(49)66-60(47)52)37-27-30-55-48(33-37)44-18-5-7-24-53(44)63-55/h1-36H. The first kappa shape index (κ1) is 37.2. The maximum atomic E-state index is 6.68. The van der Waals surface area contributed by atoms with Gasteiger partial charge in [0.2, 0.25) is 0 Å². The zero-order chi connectivity index (χ0) is 43.3. The van der Waals surface area contributed by atoms with Crippen molar-refractivity contribution in [1.82, 2.24) is 0 Å². The van der Waals surface area contributed by atoms with Gasteiger partial charge in [-0.05, 0) is 114 Å². The minimum atomic E-state index is 0.854. The third kappa shape index (κ3) is 5.82. The highest BCUT2D eigenvalue weighted by Crippen LogP contribution is 2.49. The molecule has 6 heteroatoms. The summed E-state index contributed by atoms with van der Waals surface area (Å²) in [4.78, 5) is 4.78. The monoisotopic (exact) mass is 880 g/mol. The van der Waals surface area contributed by atoms with Gasteiger partial charge in [0.25, 0.3) is 0 Å². The molecule has 0 N–H and O–H groups in total. The second kappa shape index (κ2) is 14.7. The van der Waals surface area contributed by atoms with Gasteiger partial charge in [0.05, 0.1) is 16.1 Å². The zero-order valence-electron chi connectivity index (χ0n) is 35.3. The summed E-state index contributed by atoms with van der Waals surface area (Å²) in [5, 5.41) is 9.47. The summed E-state index contributed by atoms with van der Waals surface area (Å²) in [6.07, 6.45) is 0. The second-order valence-electron chi connectivity index (χ2n) is 16.8. The Morgan fingerprint density at radius 1 is 0.288 bits per heavy atom. The van der Waals surface area contributed by atoms with Crippen LogP contribution in [0.15, 0.2) is 227 Å². The molecule has 0 aliphatic rings. The summed E-state index contributed by atoms with van der Waals surface area (Å²) in [5.74, 6) is 0. The van der Waals surface area contributed by atoms with E-state index in [2.05, 4.69) is 210 Å². The first-order valence-corrected chi connectivity index (χ1v) is 23.8. The number of rotatable bonds is 7. The summed E-state index contributed by atoms with van der Waals surface area (Å²) in [7, 11) is 0. The molecular formula is C60H36N2O2S2. The molecule has 0 bridgehead atoms. The van der Waals surface area contributed by atoms with Gasteiger partial charge < -0.3 is 18.6 Å². The minimum absolute atomic E-state index is 0.854. The van der Waals surface area contributed by atoms with E-state index in [0.29, 0.717) is 0 Å². The molecule has 4 heterocycles. The quantitative estimate of drug-likeness (QED) is 0.160. The number of hydrogen-bond acceptors (Lipinski definition) is 6. The van der Waals surface area contributed by atoms with Crippen molar-refractivity contribution >= 4 is 141 Å². The largest absolute Gasteiger partial charge is 0.456 e. The van der Waals surface area contributed by atoms with E-state index in [1.807, 2.05) is 40.9 Å². The molecule has 0 spiro atoms. The van der Waals surface area contributed by atoms with Crippen molar-refractivity contribution in [2.75, 3.05) is 9.80 Å². The van der Waals surface area contributed by atoms with Crippen molar-refractivity contribution < 1.29 is 8.83 Å². The van der Waals surface area contributed by atoms with Crippen LogP contribution in [0.2, 0.25) is 0 Å². The van der Waals surface area contributed by atoms with Gasteiger partial charge in [0.15, 0.2) is 5.58 Å². The van der Waals surface area contributed by atoms with Crippen LogP contribution in [0.1, 0.15) is 0 Å². The van der Waals surface area contributed by atoms with Crippen LogP contribution in [0.5, 0.6) is 0 Å². The molecule has 66 heavy (non-hydrogen) atoms. The average Bonchev–Trinajstić information content (AvgIpc) is 4.15. The molecule has 0 unspecified atom stereocenters. The third-order valence-electron chi connectivity index (χ3n) is 13.0. The van der Waals surface area contributed by atoms with Crippen LogP contribution in [-0.2, 0) is 0 Å². The molecule has 4 nitrogen and oxygen atoms in total. The fourth-order valence-electron chi connectivity index (χ4n) is 10.0. The first-order valence-electron chi connectivity index (χ1n) is 22.1. The van der Waals surface area contributed by atoms with Crippen molar-refractivity contribution in [3.05, 3.63) is 218 Å². The number of thiophene rings is 2. The number of hydrogen-bond donors (Lipinski definition) is 0. The van der Waals surface area contributed by atoms with Crippen LogP contribution < -0.4 is 9.80 Å². The Labute approximate surface area is 387 Å². The Morgan fingerprint density at radius 2 is 0.818 bits per heavy atom. The normalized spacial score (nSPS) is 11.9. The van der Waals surface area contributed by atoms with Crippen LogP contribution in [-0.4, -0.2) is 0 Å². The van der Waals surface area contributed by atoms with Crippen LogP contribution in [0.4, 0.5) is 34.1 Å². The molecule has 10 aromatic carbocycles. The van der Waals surface area contributed by atoms with Crippen molar-refractivity contribution in [2.45, 2.75) is 0 Å². The highest BCUT2D eigenvalue weighted by Gasteiger charge is 2.23. The van der Waals surface area contributed by atoms with Gasteiger partial charge in [-0.25, -0.2) is 0 Å². The predicted octanol–water partition coefficient (Wildman–Crippen LogP) is 18.8. The van der Waals surface area contributed by atoms with Gasteiger partial charge in [-0.2, -0.15) is 0 Å². The van der Waals surface area contributed by atoms with Crippen LogP contribution in [0, 0.1) is 0 Å². The molecule has 0 fully saturated rings. The molecule has 14 aromatic rings. The molecule has 0 aliphatic carbocycles. The Kier molecular flexibility index (Phi) is 8.29. The third-order valence-corrected chi connectivity index (χ3v) is 15.4. The smallest absolute Gasteiger partial charge is 0.159 e. The molecule has 0 saturated heterocycles. The Morgan fingerprint density at radius 3 is 1.65 bits per heavy atom. The molecule has 0 radical (unpaired) electrons. The van der Waals surface area contributed by atoms with E-state index in [9.17, 15) is 0 Å². The highest BCUT2D eigenvalue weighted by atomic mass is 32.1. The van der Waals surface area contributed by atoms with E-state index >= 15 is 0 Å². The molecule has 0 atom stereocenters. The van der Waals surface area contributed by atoms with Crippen LogP contribution in [0.3, 0.4) is 0 Å². The van der Waals surface area contributed by atoms with Gasteiger partial charge in [-0.15, -0.1) is 22.7 Å². The molecule has 4 aromatic heterocycles. The lowest BCUT2D eigenvalue weighted by atomic mass is 10.0. The maximum absolute atomic E-state index is 6.68. The summed E-state index contributed by atoms with van der Waals surface area (Å²) < 4.78 is 17.9. The van der Waals surface area contributed by atoms with E-state index in [1.165, 1.54) is 51.5 Å². The molecule has 0 saturated carbocycles. The van der Waals surface area contributed by atoms with E-state index in [1.54, 1.807) is 0 Å². The molecule has 14 rings (SSSR count). The minimum Gasteiger partial charge on any atom is -0.456 e. The fourth-order valence-corrected chi connectivity index (χ4v) is 12.3. The number of fused-ring (bicyclic) bond motifs is 12. The molecule has 310 valence electrons. The fraction of sp³-hybridized carbons (Fsp3) is 0. The average molecular weight is 881 g/mol. The summed E-state index contributed by atoms with van der Waals surface area (Å²) in [5.41, 5.74) is 12.2. The second-order valence-corrected chi connectivity index (χ2v) is 19.0. The number of benzene rings is 10. The van der Waals surface area contributed by atoms with E-state index in [-0.39, 0.29) is 0 Å². The summed E-state index contributed by atoms with van der Waals surface area (Å²) >= 11 is 3.70. The lowest BCUT2D eigenvalue weighted by Crippen LogP contribution is -2.13. The highest BCUT2D eigenvalue weighted by molar-refractivity contribution is 7.26. The van der Waals surface area contributed by atoms with E-state index in [0.717, 1.165) is 78.0 Å². The topological polar surface area (TPSA) is 32.8 Å². The van der Waals surface area contributed by atoms with Gasteiger partial charge >= 0.3 is 0 Å².